The molecule has 0 radical (unpaired) electrons. The van der Waals surface area contributed by atoms with Crippen LogP contribution in [0.15, 0.2) is 40.0 Å². The zero-order chi connectivity index (χ0) is 31.6. The number of anilines is 1. The Bertz CT molecular complexity index is 2070. The van der Waals surface area contributed by atoms with E-state index in [-0.39, 0.29) is 34.4 Å². The number of nitrogens with one attached hydrogen (secondary N) is 1. The molecule has 8 rings (SSSR count). The Labute approximate surface area is 271 Å². The highest BCUT2D eigenvalue weighted by Gasteiger charge is 2.43. The summed E-state index contributed by atoms with van der Waals surface area (Å²) in [5.41, 5.74) is 5.61. The average Bonchev–Trinajstić information content (AvgIpc) is 3.87. The van der Waals surface area contributed by atoms with Gasteiger partial charge in [0, 0.05) is 48.4 Å². The van der Waals surface area contributed by atoms with Gasteiger partial charge in [-0.3, -0.25) is 9.97 Å². The highest BCUT2D eigenvalue weighted by Crippen LogP contribution is 2.51. The van der Waals surface area contributed by atoms with Gasteiger partial charge in [0.1, 0.15) is 12.1 Å². The van der Waals surface area contributed by atoms with Gasteiger partial charge >= 0.3 is 0 Å². The van der Waals surface area contributed by atoms with Crippen LogP contribution >= 0.6 is 11.3 Å². The molecule has 1 aliphatic carbocycles. The van der Waals surface area contributed by atoms with Crippen molar-refractivity contribution in [3.8, 4) is 21.9 Å². The van der Waals surface area contributed by atoms with E-state index in [1.807, 2.05) is 18.3 Å². The summed E-state index contributed by atoms with van der Waals surface area (Å²) in [7, 11) is -3.67. The highest BCUT2D eigenvalue weighted by atomic mass is 32.2. The highest BCUT2D eigenvalue weighted by molar-refractivity contribution is 7.92. The summed E-state index contributed by atoms with van der Waals surface area (Å²) in [6, 6.07) is 6.11. The summed E-state index contributed by atoms with van der Waals surface area (Å²) >= 11 is 1.48. The quantitative estimate of drug-likeness (QED) is 0.206. The zero-order valence-corrected chi connectivity index (χ0v) is 27.6. The number of rotatable bonds is 8. The van der Waals surface area contributed by atoms with Crippen molar-refractivity contribution in [2.75, 3.05) is 24.3 Å². The van der Waals surface area contributed by atoms with Crippen LogP contribution in [0, 0.1) is 18.8 Å². The number of ether oxygens (including phenoxy) is 1. The van der Waals surface area contributed by atoms with Crippen molar-refractivity contribution in [1.82, 2.24) is 30.1 Å². The normalized spacial score (nSPS) is 21.7. The summed E-state index contributed by atoms with van der Waals surface area (Å²) < 4.78 is 40.7. The second-order valence-corrected chi connectivity index (χ2v) is 15.9. The van der Waals surface area contributed by atoms with E-state index in [4.69, 9.17) is 14.1 Å². The Morgan fingerprint density at radius 3 is 2.80 bits per heavy atom. The summed E-state index contributed by atoms with van der Waals surface area (Å²) in [5.74, 6) is 1.72. The average molecular weight is 658 g/mol. The molecule has 0 spiro atoms. The van der Waals surface area contributed by atoms with Gasteiger partial charge in [0.2, 0.25) is 11.8 Å². The minimum atomic E-state index is -3.67. The molecule has 3 aliphatic rings. The molecule has 5 aromatic heterocycles. The summed E-state index contributed by atoms with van der Waals surface area (Å²) in [5, 5.41) is 12.2. The summed E-state index contributed by atoms with van der Waals surface area (Å²) in [6.07, 6.45) is 7.72. The smallest absolute Gasteiger partial charge is 0.250 e. The van der Waals surface area contributed by atoms with Crippen molar-refractivity contribution in [3.05, 3.63) is 59.3 Å². The SMILES string of the molecule is Cc1nnc(-c2c(CCC3CCOC3)nc3c(c2-c2cc4ncnc(N[C@@H]5CCc6ncccc65)c4s2)S(=O)(=O)C[C@@H]3C(C)C)o1. The molecular formula is C33H35N7O4S2. The third-order valence-corrected chi connectivity index (χ3v) is 12.5. The van der Waals surface area contributed by atoms with E-state index < -0.39 is 9.84 Å². The summed E-state index contributed by atoms with van der Waals surface area (Å²) in [4.78, 5) is 20.0. The molecular weight excluding hydrogens is 623 g/mol. The van der Waals surface area contributed by atoms with E-state index in [0.717, 1.165) is 65.4 Å². The third-order valence-electron chi connectivity index (χ3n) is 9.51. The van der Waals surface area contributed by atoms with Crippen LogP contribution in [0.25, 0.3) is 32.1 Å². The van der Waals surface area contributed by atoms with Gasteiger partial charge in [-0.25, -0.2) is 18.4 Å². The predicted octanol–water partition coefficient (Wildman–Crippen LogP) is 6.10. The Morgan fingerprint density at radius 1 is 1.13 bits per heavy atom. The van der Waals surface area contributed by atoms with Gasteiger partial charge in [0.15, 0.2) is 9.84 Å². The lowest BCUT2D eigenvalue weighted by Crippen LogP contribution is -2.11. The fourth-order valence-electron chi connectivity index (χ4n) is 7.12. The number of aromatic nitrogens is 6. The number of aryl methyl sites for hydroxylation is 3. The predicted molar refractivity (Wildman–Crippen MR) is 174 cm³/mol. The van der Waals surface area contributed by atoms with Crippen molar-refractivity contribution in [2.45, 2.75) is 69.7 Å². The first-order valence-electron chi connectivity index (χ1n) is 15.9. The van der Waals surface area contributed by atoms with Crippen molar-refractivity contribution in [3.63, 3.8) is 0 Å². The first kappa shape index (κ1) is 29.6. The minimum absolute atomic E-state index is 0.0227. The first-order chi connectivity index (χ1) is 22.3. The van der Waals surface area contributed by atoms with Crippen LogP contribution < -0.4 is 5.32 Å². The number of nitrogens with zero attached hydrogens (tertiary/aromatic N) is 6. The van der Waals surface area contributed by atoms with Crippen molar-refractivity contribution < 1.29 is 17.6 Å². The molecule has 13 heteroatoms. The molecule has 0 aromatic carbocycles. The van der Waals surface area contributed by atoms with Gasteiger partial charge < -0.3 is 14.5 Å². The van der Waals surface area contributed by atoms with E-state index in [9.17, 15) is 8.42 Å². The molecule has 46 heavy (non-hydrogen) atoms. The monoisotopic (exact) mass is 657 g/mol. The number of pyridine rings is 2. The Balaban J connectivity index is 1.32. The van der Waals surface area contributed by atoms with Gasteiger partial charge in [-0.05, 0) is 61.6 Å². The molecule has 0 bridgehead atoms. The molecule has 5 aromatic rings. The number of fused-ring (bicyclic) bond motifs is 3. The zero-order valence-electron chi connectivity index (χ0n) is 26.0. The van der Waals surface area contributed by atoms with Crippen LogP contribution in [0.1, 0.15) is 73.6 Å². The van der Waals surface area contributed by atoms with Crippen molar-refractivity contribution in [1.29, 1.82) is 0 Å². The fraction of sp³-hybridized carbons (Fsp3) is 0.455. The van der Waals surface area contributed by atoms with Crippen molar-refractivity contribution >= 4 is 37.2 Å². The molecule has 3 atom stereocenters. The number of hydrogen-bond acceptors (Lipinski definition) is 12. The molecule has 238 valence electrons. The number of thiophene rings is 1. The topological polar surface area (TPSA) is 146 Å². The van der Waals surface area contributed by atoms with Gasteiger partial charge in [0.25, 0.3) is 0 Å². The maximum absolute atomic E-state index is 14.1. The van der Waals surface area contributed by atoms with E-state index in [0.29, 0.717) is 40.9 Å². The molecule has 7 heterocycles. The second-order valence-electron chi connectivity index (χ2n) is 12.9. The first-order valence-corrected chi connectivity index (χ1v) is 18.4. The maximum atomic E-state index is 14.1. The van der Waals surface area contributed by atoms with Crippen LogP contribution in [0.4, 0.5) is 5.82 Å². The van der Waals surface area contributed by atoms with Crippen LogP contribution in [-0.4, -0.2) is 57.5 Å². The van der Waals surface area contributed by atoms with E-state index in [1.165, 1.54) is 16.9 Å². The molecule has 0 amide bonds. The third kappa shape index (κ3) is 5.08. The summed E-state index contributed by atoms with van der Waals surface area (Å²) in [6.45, 7) is 7.35. The van der Waals surface area contributed by atoms with Gasteiger partial charge in [-0.15, -0.1) is 21.5 Å². The molecule has 2 aliphatic heterocycles. The van der Waals surface area contributed by atoms with Gasteiger partial charge in [0.05, 0.1) is 43.9 Å². The molecule has 1 unspecified atom stereocenters. The van der Waals surface area contributed by atoms with Gasteiger partial charge in [-0.1, -0.05) is 19.9 Å². The molecule has 0 saturated carbocycles. The lowest BCUT2D eigenvalue weighted by molar-refractivity contribution is 0.184. The molecule has 1 saturated heterocycles. The Kier molecular flexibility index (Phi) is 7.37. The standard InChI is InChI=1S/C33H35N7O4S2/c1-17(2)21-15-46(41,42)31-28(27(33-40-39-18(3)44-33)24(37-29(21)31)7-6-19-10-12-43-14-19)26-13-25-30(45-26)32(36-16-35-25)38-23-9-8-22-20(23)5-4-11-34-22/h4-5,11,13,16-17,19,21,23H,6-10,12,14-15H2,1-3H3,(H,35,36,38)/t19?,21-,23-/m1/s1. The maximum Gasteiger partial charge on any atom is 0.250 e. The van der Waals surface area contributed by atoms with E-state index in [2.05, 4.69) is 50.4 Å². The molecule has 1 fully saturated rings. The lowest BCUT2D eigenvalue weighted by atomic mass is 9.90. The van der Waals surface area contributed by atoms with Crippen LogP contribution in [0.5, 0.6) is 0 Å². The van der Waals surface area contributed by atoms with Crippen LogP contribution in [-0.2, 0) is 27.4 Å². The Hall–Kier alpha value is -3.81. The molecule has 1 N–H and O–H groups in total. The van der Waals surface area contributed by atoms with E-state index in [1.54, 1.807) is 13.3 Å². The largest absolute Gasteiger partial charge is 0.421 e. The minimum Gasteiger partial charge on any atom is -0.421 e. The van der Waals surface area contributed by atoms with Crippen LogP contribution in [0.3, 0.4) is 0 Å². The number of sulfone groups is 1. The second kappa shape index (κ2) is 11.5. The van der Waals surface area contributed by atoms with Crippen LogP contribution in [0.2, 0.25) is 0 Å². The van der Waals surface area contributed by atoms with Gasteiger partial charge in [-0.2, -0.15) is 0 Å². The van der Waals surface area contributed by atoms with E-state index >= 15 is 0 Å². The fourth-order valence-corrected chi connectivity index (χ4v) is 10.5. The molecule has 11 nitrogen and oxygen atoms in total. The lowest BCUT2D eigenvalue weighted by Gasteiger charge is -2.19. The van der Waals surface area contributed by atoms with Crippen molar-refractivity contribution in [2.24, 2.45) is 11.8 Å². The number of hydrogen-bond donors (Lipinski definition) is 1. The Morgan fingerprint density at radius 2 is 2.02 bits per heavy atom.